The predicted molar refractivity (Wildman–Crippen MR) is 65.1 cm³/mol. The Morgan fingerprint density at radius 3 is 3.12 bits per heavy atom. The maximum atomic E-state index is 4.20. The number of nitrogens with one attached hydrogen (secondary N) is 1. The minimum absolute atomic E-state index is 0.830. The topological polar surface area (TPSA) is 33.1 Å². The van der Waals surface area contributed by atoms with Gasteiger partial charge in [0.2, 0.25) is 0 Å². The highest BCUT2D eigenvalue weighted by Crippen LogP contribution is 2.17. The van der Waals surface area contributed by atoms with Gasteiger partial charge in [0.15, 0.2) is 0 Å². The fourth-order valence-electron chi connectivity index (χ4n) is 2.38. The molecule has 0 bridgehead atoms. The van der Waals surface area contributed by atoms with E-state index in [0.29, 0.717) is 0 Å². The van der Waals surface area contributed by atoms with E-state index >= 15 is 0 Å². The Kier molecular flexibility index (Phi) is 3.96. The summed E-state index contributed by atoms with van der Waals surface area (Å²) in [6.07, 6.45) is 5.41. The molecule has 4 heteroatoms. The molecule has 0 radical (unpaired) electrons. The van der Waals surface area contributed by atoms with Crippen molar-refractivity contribution in [1.82, 2.24) is 20.0 Å². The van der Waals surface area contributed by atoms with E-state index in [1.165, 1.54) is 31.6 Å². The number of hydrogen-bond acceptors (Lipinski definition) is 3. The quantitative estimate of drug-likeness (QED) is 0.802. The molecule has 90 valence electrons. The van der Waals surface area contributed by atoms with Crippen LogP contribution < -0.4 is 5.32 Å². The average molecular weight is 222 g/mol. The second kappa shape index (κ2) is 5.46. The molecular weight excluding hydrogens is 200 g/mol. The number of hydrogen-bond donors (Lipinski definition) is 1. The van der Waals surface area contributed by atoms with Crippen molar-refractivity contribution in [1.29, 1.82) is 0 Å². The smallest absolute Gasteiger partial charge is 0.0534 e. The number of likely N-dealkylation sites (tertiary alicyclic amines) is 1. The second-order valence-electron chi connectivity index (χ2n) is 4.72. The lowest BCUT2D eigenvalue weighted by Crippen LogP contribution is -2.26. The van der Waals surface area contributed by atoms with E-state index < -0.39 is 0 Å². The van der Waals surface area contributed by atoms with Crippen molar-refractivity contribution in [2.45, 2.75) is 19.9 Å². The van der Waals surface area contributed by atoms with Crippen molar-refractivity contribution < 1.29 is 0 Å². The largest absolute Gasteiger partial charge is 0.317 e. The highest BCUT2D eigenvalue weighted by atomic mass is 15.2. The molecule has 1 fully saturated rings. The maximum Gasteiger partial charge on any atom is 0.0534 e. The minimum atomic E-state index is 0.830. The molecule has 2 heterocycles. The first-order valence-corrected chi connectivity index (χ1v) is 6.18. The first-order valence-electron chi connectivity index (χ1n) is 6.18. The van der Waals surface area contributed by atoms with Crippen molar-refractivity contribution in [2.24, 2.45) is 13.0 Å². The van der Waals surface area contributed by atoms with Gasteiger partial charge in [0, 0.05) is 31.9 Å². The third-order valence-electron chi connectivity index (χ3n) is 3.22. The first kappa shape index (κ1) is 11.6. The molecular formula is C12H22N4. The summed E-state index contributed by atoms with van der Waals surface area (Å²) in [6.45, 7) is 7.92. The van der Waals surface area contributed by atoms with Crippen LogP contribution in [0.5, 0.6) is 0 Å². The summed E-state index contributed by atoms with van der Waals surface area (Å²) in [6, 6.07) is 0. The number of rotatable bonds is 5. The van der Waals surface area contributed by atoms with Gasteiger partial charge in [-0.05, 0) is 32.0 Å². The Morgan fingerprint density at radius 1 is 1.56 bits per heavy atom. The SMILES string of the molecule is CCNCC1CCN(Cc2cnn(C)c2)C1. The van der Waals surface area contributed by atoms with Gasteiger partial charge >= 0.3 is 0 Å². The summed E-state index contributed by atoms with van der Waals surface area (Å²) in [4.78, 5) is 2.53. The van der Waals surface area contributed by atoms with E-state index in [0.717, 1.165) is 19.0 Å². The molecule has 0 aromatic carbocycles. The van der Waals surface area contributed by atoms with Gasteiger partial charge in [0.1, 0.15) is 0 Å². The Hall–Kier alpha value is -0.870. The zero-order chi connectivity index (χ0) is 11.4. The number of aryl methyl sites for hydroxylation is 1. The molecule has 0 amide bonds. The molecule has 0 aliphatic carbocycles. The minimum Gasteiger partial charge on any atom is -0.317 e. The molecule has 1 aliphatic rings. The zero-order valence-corrected chi connectivity index (χ0v) is 10.3. The zero-order valence-electron chi connectivity index (χ0n) is 10.3. The number of nitrogens with zero attached hydrogens (tertiary/aromatic N) is 3. The molecule has 1 atom stereocenters. The van der Waals surface area contributed by atoms with Gasteiger partial charge in [-0.1, -0.05) is 6.92 Å². The average Bonchev–Trinajstić information content (AvgIpc) is 2.86. The fraction of sp³-hybridized carbons (Fsp3) is 0.750. The van der Waals surface area contributed by atoms with E-state index in [1.807, 2.05) is 17.9 Å². The second-order valence-corrected chi connectivity index (χ2v) is 4.72. The van der Waals surface area contributed by atoms with Crippen molar-refractivity contribution in [3.63, 3.8) is 0 Å². The van der Waals surface area contributed by atoms with E-state index in [4.69, 9.17) is 0 Å². The van der Waals surface area contributed by atoms with Gasteiger partial charge in [-0.15, -0.1) is 0 Å². The summed E-state index contributed by atoms with van der Waals surface area (Å²) in [5.41, 5.74) is 1.33. The van der Waals surface area contributed by atoms with Gasteiger partial charge in [-0.25, -0.2) is 0 Å². The van der Waals surface area contributed by atoms with Gasteiger partial charge in [-0.2, -0.15) is 5.10 Å². The van der Waals surface area contributed by atoms with Crippen LogP contribution in [0.2, 0.25) is 0 Å². The highest BCUT2D eigenvalue weighted by molar-refractivity contribution is 5.03. The molecule has 1 aliphatic heterocycles. The lowest BCUT2D eigenvalue weighted by molar-refractivity contribution is 0.314. The summed E-state index contributed by atoms with van der Waals surface area (Å²) >= 11 is 0. The standard InChI is InChI=1S/C12H22N4/c1-3-13-6-11-4-5-16(9-11)10-12-7-14-15(2)8-12/h7-8,11,13H,3-6,9-10H2,1-2H3. The molecule has 0 spiro atoms. The van der Waals surface area contributed by atoms with E-state index in [2.05, 4.69) is 28.4 Å². The van der Waals surface area contributed by atoms with Crippen LogP contribution in [0, 0.1) is 5.92 Å². The Morgan fingerprint density at radius 2 is 2.44 bits per heavy atom. The molecule has 1 aromatic rings. The van der Waals surface area contributed by atoms with Crippen molar-refractivity contribution in [3.8, 4) is 0 Å². The van der Waals surface area contributed by atoms with Crippen LogP contribution >= 0.6 is 0 Å². The molecule has 4 nitrogen and oxygen atoms in total. The molecule has 2 rings (SSSR count). The monoisotopic (exact) mass is 222 g/mol. The van der Waals surface area contributed by atoms with Crippen LogP contribution in [0.1, 0.15) is 18.9 Å². The van der Waals surface area contributed by atoms with Crippen molar-refractivity contribution in [3.05, 3.63) is 18.0 Å². The van der Waals surface area contributed by atoms with Gasteiger partial charge in [0.05, 0.1) is 6.20 Å². The van der Waals surface area contributed by atoms with Gasteiger partial charge in [-0.3, -0.25) is 9.58 Å². The molecule has 1 aromatic heterocycles. The third-order valence-corrected chi connectivity index (χ3v) is 3.22. The van der Waals surface area contributed by atoms with Crippen LogP contribution in [0.15, 0.2) is 12.4 Å². The van der Waals surface area contributed by atoms with E-state index in [1.54, 1.807) is 0 Å². The van der Waals surface area contributed by atoms with Crippen LogP contribution in [-0.2, 0) is 13.6 Å². The highest BCUT2D eigenvalue weighted by Gasteiger charge is 2.21. The number of aromatic nitrogens is 2. The first-order chi connectivity index (χ1) is 7.78. The van der Waals surface area contributed by atoms with Gasteiger partial charge in [0.25, 0.3) is 0 Å². The third kappa shape index (κ3) is 3.06. The Balaban J connectivity index is 1.76. The van der Waals surface area contributed by atoms with E-state index in [-0.39, 0.29) is 0 Å². The summed E-state index contributed by atoms with van der Waals surface area (Å²) < 4.78 is 1.88. The molecule has 1 N–H and O–H groups in total. The molecule has 16 heavy (non-hydrogen) atoms. The Labute approximate surface area is 97.6 Å². The summed E-state index contributed by atoms with van der Waals surface area (Å²) in [5.74, 6) is 0.830. The van der Waals surface area contributed by atoms with Crippen molar-refractivity contribution >= 4 is 0 Å². The lowest BCUT2D eigenvalue weighted by Gasteiger charge is -2.14. The predicted octanol–water partition coefficient (Wildman–Crippen LogP) is 0.851. The fourth-order valence-corrected chi connectivity index (χ4v) is 2.38. The maximum absolute atomic E-state index is 4.20. The summed E-state index contributed by atoms with van der Waals surface area (Å²) in [7, 11) is 1.97. The molecule has 1 saturated heterocycles. The molecule has 0 saturated carbocycles. The van der Waals surface area contributed by atoms with Crippen LogP contribution in [0.3, 0.4) is 0 Å². The van der Waals surface area contributed by atoms with Crippen molar-refractivity contribution in [2.75, 3.05) is 26.2 Å². The Bertz CT molecular complexity index is 321. The van der Waals surface area contributed by atoms with Crippen LogP contribution in [0.4, 0.5) is 0 Å². The normalized spacial score (nSPS) is 21.8. The molecule has 1 unspecified atom stereocenters. The van der Waals surface area contributed by atoms with Crippen LogP contribution in [0.25, 0.3) is 0 Å². The van der Waals surface area contributed by atoms with Crippen LogP contribution in [-0.4, -0.2) is 40.9 Å². The van der Waals surface area contributed by atoms with E-state index in [9.17, 15) is 0 Å². The lowest BCUT2D eigenvalue weighted by atomic mass is 10.1. The summed E-state index contributed by atoms with van der Waals surface area (Å²) in [5, 5.41) is 7.64. The van der Waals surface area contributed by atoms with Gasteiger partial charge < -0.3 is 5.32 Å².